The summed E-state index contributed by atoms with van der Waals surface area (Å²) in [5.74, 6) is 0.661. The number of aromatic nitrogens is 5. The van der Waals surface area contributed by atoms with Crippen molar-refractivity contribution >= 4 is 23.9 Å². The van der Waals surface area contributed by atoms with Crippen molar-refractivity contribution in [3.05, 3.63) is 54.6 Å². The minimum atomic E-state index is -0.261. The smallest absolute Gasteiger partial charge is 0.163 e. The Labute approximate surface area is 180 Å². The summed E-state index contributed by atoms with van der Waals surface area (Å²) >= 11 is 0. The van der Waals surface area contributed by atoms with Crippen LogP contribution in [-0.2, 0) is 7.05 Å². The maximum Gasteiger partial charge on any atom is 0.163 e. The maximum absolute atomic E-state index is 13.3. The van der Waals surface area contributed by atoms with Crippen molar-refractivity contribution in [1.29, 1.82) is 0 Å². The number of nitrogens with zero attached hydrogens (tertiary/aromatic N) is 7. The maximum atomic E-state index is 13.3. The average Bonchev–Trinajstić information content (AvgIpc) is 3.34. The Balaban J connectivity index is 0.00000218. The van der Waals surface area contributed by atoms with Crippen molar-refractivity contribution < 1.29 is 4.39 Å². The Morgan fingerprint density at radius 2 is 1.70 bits per heavy atom. The number of halogens is 2. The topological polar surface area (TPSA) is 54.5 Å². The fourth-order valence-corrected chi connectivity index (χ4v) is 3.74. The lowest BCUT2D eigenvalue weighted by Gasteiger charge is -2.33. The van der Waals surface area contributed by atoms with Gasteiger partial charge in [0.2, 0.25) is 0 Å². The lowest BCUT2D eigenvalue weighted by Crippen LogP contribution is -2.45. The van der Waals surface area contributed by atoms with Crippen LogP contribution in [0.1, 0.15) is 0 Å². The quantitative estimate of drug-likeness (QED) is 0.503. The number of anilines is 1. The molecule has 1 aliphatic heterocycles. The van der Waals surface area contributed by atoms with Gasteiger partial charge >= 0.3 is 0 Å². The van der Waals surface area contributed by atoms with Crippen LogP contribution in [0.2, 0.25) is 0 Å². The monoisotopic (exact) mass is 427 g/mol. The SMILES string of the molecule is CN1CCN(c2cc(-c3ccnn3C)c3nc(-c4ccc(F)cc4)cn3n2)CC1.Cl. The van der Waals surface area contributed by atoms with Gasteiger partial charge in [-0.25, -0.2) is 13.9 Å². The molecule has 1 saturated heterocycles. The van der Waals surface area contributed by atoms with Crippen LogP contribution in [0.25, 0.3) is 28.2 Å². The number of imidazole rings is 1. The number of fused-ring (bicyclic) bond motifs is 1. The van der Waals surface area contributed by atoms with Crippen molar-refractivity contribution in [3.63, 3.8) is 0 Å². The third kappa shape index (κ3) is 3.64. The van der Waals surface area contributed by atoms with E-state index in [0.29, 0.717) is 0 Å². The lowest BCUT2D eigenvalue weighted by molar-refractivity contribution is 0.311. The number of aryl methyl sites for hydroxylation is 1. The van der Waals surface area contributed by atoms with Gasteiger partial charge in [0.1, 0.15) is 11.6 Å². The van der Waals surface area contributed by atoms with Crippen LogP contribution in [0.15, 0.2) is 48.8 Å². The zero-order chi connectivity index (χ0) is 20.0. The minimum absolute atomic E-state index is 0. The molecule has 4 heterocycles. The van der Waals surface area contributed by atoms with Crippen LogP contribution < -0.4 is 4.90 Å². The molecule has 0 amide bonds. The molecule has 156 valence electrons. The Hall–Kier alpha value is -2.97. The summed E-state index contributed by atoms with van der Waals surface area (Å²) in [6.07, 6.45) is 3.69. The predicted molar refractivity (Wildman–Crippen MR) is 118 cm³/mol. The molecule has 0 saturated carbocycles. The van der Waals surface area contributed by atoms with Gasteiger partial charge in [0.05, 0.1) is 17.6 Å². The van der Waals surface area contributed by atoms with Crippen molar-refractivity contribution in [2.75, 3.05) is 38.1 Å². The molecule has 1 aliphatic rings. The summed E-state index contributed by atoms with van der Waals surface area (Å²) in [6.45, 7) is 3.87. The lowest BCUT2D eigenvalue weighted by atomic mass is 10.2. The molecule has 5 rings (SSSR count). The molecule has 3 aromatic heterocycles. The normalized spacial score (nSPS) is 14.8. The highest BCUT2D eigenvalue weighted by Gasteiger charge is 2.20. The summed E-state index contributed by atoms with van der Waals surface area (Å²) < 4.78 is 17.0. The first-order valence-corrected chi connectivity index (χ1v) is 9.67. The van der Waals surface area contributed by atoms with Gasteiger partial charge in [0, 0.05) is 50.6 Å². The summed E-state index contributed by atoms with van der Waals surface area (Å²) in [7, 11) is 4.06. The van der Waals surface area contributed by atoms with Crippen LogP contribution in [0.4, 0.5) is 10.2 Å². The molecule has 0 aliphatic carbocycles. The molecule has 0 spiro atoms. The van der Waals surface area contributed by atoms with Crippen LogP contribution in [0.5, 0.6) is 0 Å². The van der Waals surface area contributed by atoms with E-state index in [4.69, 9.17) is 10.1 Å². The molecule has 0 atom stereocenters. The Morgan fingerprint density at radius 1 is 0.967 bits per heavy atom. The van der Waals surface area contributed by atoms with E-state index in [0.717, 1.165) is 60.2 Å². The molecule has 0 unspecified atom stereocenters. The molecular weight excluding hydrogens is 405 g/mol. The fraction of sp³-hybridized carbons (Fsp3) is 0.286. The van der Waals surface area contributed by atoms with Crippen molar-refractivity contribution in [2.24, 2.45) is 7.05 Å². The Morgan fingerprint density at radius 3 is 2.37 bits per heavy atom. The zero-order valence-corrected chi connectivity index (χ0v) is 17.7. The van der Waals surface area contributed by atoms with E-state index < -0.39 is 0 Å². The second kappa shape index (κ2) is 8.04. The molecule has 4 aromatic rings. The third-order valence-electron chi connectivity index (χ3n) is 5.48. The molecule has 30 heavy (non-hydrogen) atoms. The van der Waals surface area contributed by atoms with Crippen molar-refractivity contribution in [1.82, 2.24) is 29.3 Å². The van der Waals surface area contributed by atoms with Gasteiger partial charge in [0.25, 0.3) is 0 Å². The molecule has 0 N–H and O–H groups in total. The Bertz CT molecular complexity index is 1160. The number of hydrogen-bond donors (Lipinski definition) is 0. The van der Waals surface area contributed by atoms with Gasteiger partial charge in [-0.2, -0.15) is 5.10 Å². The molecule has 1 fully saturated rings. The van der Waals surface area contributed by atoms with Gasteiger partial charge in [-0.05, 0) is 43.4 Å². The number of piperazine rings is 1. The first kappa shape index (κ1) is 20.3. The first-order valence-electron chi connectivity index (χ1n) is 9.67. The van der Waals surface area contributed by atoms with Gasteiger partial charge in [-0.15, -0.1) is 17.5 Å². The van der Waals surface area contributed by atoms with Crippen LogP contribution in [-0.4, -0.2) is 62.5 Å². The first-order chi connectivity index (χ1) is 14.1. The summed E-state index contributed by atoms with van der Waals surface area (Å²) in [4.78, 5) is 9.44. The highest BCUT2D eigenvalue weighted by atomic mass is 35.5. The van der Waals surface area contributed by atoms with Crippen molar-refractivity contribution in [3.8, 4) is 22.5 Å². The molecule has 7 nitrogen and oxygen atoms in total. The van der Waals surface area contributed by atoms with E-state index in [9.17, 15) is 4.39 Å². The Kier molecular flexibility index (Phi) is 5.44. The summed E-state index contributed by atoms with van der Waals surface area (Å²) in [6, 6.07) is 10.5. The molecule has 9 heteroatoms. The number of rotatable bonds is 3. The van der Waals surface area contributed by atoms with E-state index in [2.05, 4.69) is 28.0 Å². The molecule has 1 aromatic carbocycles. The van der Waals surface area contributed by atoms with E-state index in [1.54, 1.807) is 18.3 Å². The van der Waals surface area contributed by atoms with Crippen molar-refractivity contribution in [2.45, 2.75) is 0 Å². The number of likely N-dealkylation sites (N-methyl/N-ethyl adjacent to an activating group) is 1. The fourth-order valence-electron chi connectivity index (χ4n) is 3.74. The highest BCUT2D eigenvalue weighted by Crippen LogP contribution is 2.29. The zero-order valence-electron chi connectivity index (χ0n) is 16.9. The second-order valence-corrected chi connectivity index (χ2v) is 7.45. The van der Waals surface area contributed by atoms with E-state index in [1.165, 1.54) is 12.1 Å². The number of hydrogen-bond acceptors (Lipinski definition) is 5. The minimum Gasteiger partial charge on any atom is -0.353 e. The highest BCUT2D eigenvalue weighted by molar-refractivity contribution is 5.85. The van der Waals surface area contributed by atoms with E-state index in [-0.39, 0.29) is 18.2 Å². The van der Waals surface area contributed by atoms with E-state index >= 15 is 0 Å². The van der Waals surface area contributed by atoms with Gasteiger partial charge in [-0.3, -0.25) is 4.68 Å². The standard InChI is InChI=1S/C21H22FN7.ClH/c1-26-9-11-28(12-10-26)20-13-17(19-7-8-23-27(19)2)21-24-18(14-29(21)25-20)15-3-5-16(22)6-4-15;/h3-8,13-14H,9-12H2,1-2H3;1H. The second-order valence-electron chi connectivity index (χ2n) is 7.45. The molecule has 0 radical (unpaired) electrons. The van der Waals surface area contributed by atoms with Gasteiger partial charge in [-0.1, -0.05) is 0 Å². The van der Waals surface area contributed by atoms with E-state index in [1.807, 2.05) is 28.5 Å². The largest absolute Gasteiger partial charge is 0.353 e. The van der Waals surface area contributed by atoms with Gasteiger partial charge < -0.3 is 9.80 Å². The van der Waals surface area contributed by atoms with Gasteiger partial charge in [0.15, 0.2) is 5.65 Å². The summed E-state index contributed by atoms with van der Waals surface area (Å²) in [5.41, 5.74) is 4.32. The third-order valence-corrected chi connectivity index (χ3v) is 5.48. The molecular formula is C21H23ClFN7. The molecule has 0 bridgehead atoms. The summed E-state index contributed by atoms with van der Waals surface area (Å²) in [5, 5.41) is 9.17. The predicted octanol–water partition coefficient (Wildman–Crippen LogP) is 3.11. The van der Waals surface area contributed by atoms with Crippen LogP contribution >= 0.6 is 12.4 Å². The number of benzene rings is 1. The van der Waals surface area contributed by atoms with Crippen LogP contribution in [0, 0.1) is 5.82 Å². The average molecular weight is 428 g/mol. The van der Waals surface area contributed by atoms with Crippen LogP contribution in [0.3, 0.4) is 0 Å².